The molecule has 0 spiro atoms. The molecular formula is C15H9BrN2O2. The molecule has 1 aromatic carbocycles. The molecule has 2 aromatic heterocycles. The molecule has 20 heavy (non-hydrogen) atoms. The summed E-state index contributed by atoms with van der Waals surface area (Å²) in [6.07, 6.45) is 1.57. The van der Waals surface area contributed by atoms with Gasteiger partial charge < -0.3 is 5.11 Å². The number of nitrogens with zero attached hydrogens (tertiary/aromatic N) is 2. The smallest absolute Gasteiger partial charge is 0.338 e. The maximum absolute atomic E-state index is 11.4. The number of fused-ring (bicyclic) bond motifs is 1. The van der Waals surface area contributed by atoms with Crippen LogP contribution in [0.3, 0.4) is 0 Å². The molecule has 3 aromatic rings. The normalized spacial score (nSPS) is 10.7. The van der Waals surface area contributed by atoms with Crippen molar-refractivity contribution in [2.75, 3.05) is 0 Å². The number of halogens is 1. The molecular weight excluding hydrogens is 320 g/mol. The van der Waals surface area contributed by atoms with E-state index in [1.54, 1.807) is 24.4 Å². The van der Waals surface area contributed by atoms with Crippen molar-refractivity contribution in [1.29, 1.82) is 0 Å². The fourth-order valence-electron chi connectivity index (χ4n) is 1.99. The van der Waals surface area contributed by atoms with Gasteiger partial charge in [-0.25, -0.2) is 9.78 Å². The van der Waals surface area contributed by atoms with Gasteiger partial charge in [0.05, 0.1) is 16.8 Å². The number of benzene rings is 1. The zero-order valence-corrected chi connectivity index (χ0v) is 11.8. The predicted octanol–water partition coefficient (Wildman–Crippen LogP) is 3.76. The monoisotopic (exact) mass is 328 g/mol. The highest BCUT2D eigenvalue weighted by Crippen LogP contribution is 2.24. The average molecular weight is 329 g/mol. The van der Waals surface area contributed by atoms with E-state index < -0.39 is 5.97 Å². The fourth-order valence-corrected chi connectivity index (χ4v) is 2.26. The summed E-state index contributed by atoms with van der Waals surface area (Å²) in [7, 11) is 0. The van der Waals surface area contributed by atoms with Crippen molar-refractivity contribution >= 4 is 32.9 Å². The Labute approximate surface area is 123 Å². The number of carboxylic acids is 1. The molecule has 0 amide bonds. The molecule has 0 radical (unpaired) electrons. The first-order valence-electron chi connectivity index (χ1n) is 5.90. The summed E-state index contributed by atoms with van der Waals surface area (Å²) in [5.41, 5.74) is 2.62. The first kappa shape index (κ1) is 12.7. The van der Waals surface area contributed by atoms with Crippen LogP contribution in [0.2, 0.25) is 0 Å². The highest BCUT2D eigenvalue weighted by Gasteiger charge is 2.13. The highest BCUT2D eigenvalue weighted by molar-refractivity contribution is 9.10. The quantitative estimate of drug-likeness (QED) is 0.778. The van der Waals surface area contributed by atoms with Crippen LogP contribution in [0.5, 0.6) is 0 Å². The van der Waals surface area contributed by atoms with Crippen molar-refractivity contribution in [2.45, 2.75) is 0 Å². The number of carboxylic acid groups (broad SMARTS) is 1. The van der Waals surface area contributed by atoms with Gasteiger partial charge in [-0.1, -0.05) is 28.1 Å². The molecule has 0 aliphatic rings. The Morgan fingerprint density at radius 1 is 1.15 bits per heavy atom. The minimum absolute atomic E-state index is 0.161. The molecule has 98 valence electrons. The summed E-state index contributed by atoms with van der Waals surface area (Å²) in [4.78, 5) is 20.0. The molecule has 5 heteroatoms. The van der Waals surface area contributed by atoms with Gasteiger partial charge in [-0.3, -0.25) is 4.98 Å². The maximum atomic E-state index is 11.4. The number of aromatic carboxylic acids is 1. The van der Waals surface area contributed by atoms with E-state index >= 15 is 0 Å². The van der Waals surface area contributed by atoms with Crippen LogP contribution in [0.4, 0.5) is 0 Å². The molecule has 0 fully saturated rings. The van der Waals surface area contributed by atoms with Crippen molar-refractivity contribution in [3.8, 4) is 11.3 Å². The van der Waals surface area contributed by atoms with Crippen LogP contribution in [0.25, 0.3) is 22.3 Å². The first-order chi connectivity index (χ1) is 9.65. The molecule has 2 heterocycles. The summed E-state index contributed by atoms with van der Waals surface area (Å²) >= 11 is 3.37. The minimum Gasteiger partial charge on any atom is -0.478 e. The van der Waals surface area contributed by atoms with E-state index in [9.17, 15) is 9.90 Å². The largest absolute Gasteiger partial charge is 0.478 e. The minimum atomic E-state index is -1.01. The predicted molar refractivity (Wildman–Crippen MR) is 79.6 cm³/mol. The Balaban J connectivity index is 2.27. The van der Waals surface area contributed by atoms with E-state index in [0.29, 0.717) is 16.7 Å². The van der Waals surface area contributed by atoms with Gasteiger partial charge >= 0.3 is 5.97 Å². The molecule has 3 rings (SSSR count). The van der Waals surface area contributed by atoms with E-state index in [1.165, 1.54) is 0 Å². The lowest BCUT2D eigenvalue weighted by atomic mass is 10.1. The summed E-state index contributed by atoms with van der Waals surface area (Å²) in [5, 5.41) is 9.32. The van der Waals surface area contributed by atoms with E-state index in [1.807, 2.05) is 24.3 Å². The second kappa shape index (κ2) is 5.02. The molecule has 1 N–H and O–H groups in total. The van der Waals surface area contributed by atoms with E-state index in [0.717, 1.165) is 10.0 Å². The Kier molecular flexibility index (Phi) is 3.20. The van der Waals surface area contributed by atoms with Crippen LogP contribution in [-0.2, 0) is 0 Å². The lowest BCUT2D eigenvalue weighted by Gasteiger charge is -2.06. The van der Waals surface area contributed by atoms with Crippen molar-refractivity contribution in [1.82, 2.24) is 9.97 Å². The number of pyridine rings is 2. The van der Waals surface area contributed by atoms with E-state index in [4.69, 9.17) is 0 Å². The number of aromatic nitrogens is 2. The average Bonchev–Trinajstić information content (AvgIpc) is 2.46. The lowest BCUT2D eigenvalue weighted by Crippen LogP contribution is -2.01. The Morgan fingerprint density at radius 3 is 2.60 bits per heavy atom. The van der Waals surface area contributed by atoms with Crippen molar-refractivity contribution in [3.63, 3.8) is 0 Å². The second-order valence-corrected chi connectivity index (χ2v) is 5.15. The van der Waals surface area contributed by atoms with Crippen molar-refractivity contribution < 1.29 is 9.90 Å². The van der Waals surface area contributed by atoms with Crippen LogP contribution in [-0.4, -0.2) is 21.0 Å². The Bertz CT molecular complexity index is 801. The number of hydrogen-bond acceptors (Lipinski definition) is 3. The second-order valence-electron chi connectivity index (χ2n) is 4.24. The molecule has 0 unspecified atom stereocenters. The van der Waals surface area contributed by atoms with Gasteiger partial charge in [0.15, 0.2) is 0 Å². The Morgan fingerprint density at radius 2 is 1.90 bits per heavy atom. The molecule has 0 aliphatic heterocycles. The van der Waals surface area contributed by atoms with Gasteiger partial charge in [0.2, 0.25) is 0 Å². The SMILES string of the molecule is O=C(O)c1cc(-c2ccc(Br)cc2)nc2cccnc12. The third-order valence-electron chi connectivity index (χ3n) is 2.93. The van der Waals surface area contributed by atoms with Crippen LogP contribution < -0.4 is 0 Å². The third kappa shape index (κ3) is 2.28. The summed E-state index contributed by atoms with van der Waals surface area (Å²) in [6.45, 7) is 0. The highest BCUT2D eigenvalue weighted by atomic mass is 79.9. The number of carbonyl (C=O) groups is 1. The van der Waals surface area contributed by atoms with Crippen LogP contribution in [0.1, 0.15) is 10.4 Å². The van der Waals surface area contributed by atoms with Gasteiger partial charge in [0.25, 0.3) is 0 Å². The summed E-state index contributed by atoms with van der Waals surface area (Å²) < 4.78 is 0.960. The zero-order valence-electron chi connectivity index (χ0n) is 10.2. The summed E-state index contributed by atoms with van der Waals surface area (Å²) in [5.74, 6) is -1.01. The van der Waals surface area contributed by atoms with Crippen LogP contribution in [0, 0.1) is 0 Å². The molecule has 0 bridgehead atoms. The van der Waals surface area contributed by atoms with Gasteiger partial charge in [-0.2, -0.15) is 0 Å². The topological polar surface area (TPSA) is 63.1 Å². The van der Waals surface area contributed by atoms with E-state index in [2.05, 4.69) is 25.9 Å². The Hall–Kier alpha value is -2.27. The maximum Gasteiger partial charge on any atom is 0.338 e. The van der Waals surface area contributed by atoms with Gasteiger partial charge in [0.1, 0.15) is 5.52 Å². The van der Waals surface area contributed by atoms with Crippen molar-refractivity contribution in [2.24, 2.45) is 0 Å². The van der Waals surface area contributed by atoms with E-state index in [-0.39, 0.29) is 5.56 Å². The molecule has 0 saturated carbocycles. The molecule has 0 saturated heterocycles. The molecule has 4 nitrogen and oxygen atoms in total. The molecule has 0 aliphatic carbocycles. The summed E-state index contributed by atoms with van der Waals surface area (Å²) in [6, 6.07) is 12.6. The lowest BCUT2D eigenvalue weighted by molar-refractivity contribution is 0.0699. The number of rotatable bonds is 2. The van der Waals surface area contributed by atoms with Crippen LogP contribution >= 0.6 is 15.9 Å². The number of hydrogen-bond donors (Lipinski definition) is 1. The third-order valence-corrected chi connectivity index (χ3v) is 3.46. The van der Waals surface area contributed by atoms with Gasteiger partial charge in [0, 0.05) is 16.2 Å². The van der Waals surface area contributed by atoms with Gasteiger partial charge in [-0.15, -0.1) is 0 Å². The standard InChI is InChI=1S/C15H9BrN2O2/c16-10-5-3-9(4-6-10)13-8-11(15(19)20)14-12(18-13)2-1-7-17-14/h1-8H,(H,19,20). The zero-order chi connectivity index (χ0) is 14.1. The fraction of sp³-hybridized carbons (Fsp3) is 0. The van der Waals surface area contributed by atoms with Gasteiger partial charge in [-0.05, 0) is 30.3 Å². The van der Waals surface area contributed by atoms with Crippen molar-refractivity contribution in [3.05, 3.63) is 58.7 Å². The first-order valence-corrected chi connectivity index (χ1v) is 6.69. The van der Waals surface area contributed by atoms with Crippen LogP contribution in [0.15, 0.2) is 53.1 Å². The molecule has 0 atom stereocenters.